The van der Waals surface area contributed by atoms with E-state index < -0.39 is 5.97 Å². The Bertz CT molecular complexity index is 444. The van der Waals surface area contributed by atoms with Crippen LogP contribution in [0.5, 0.6) is 0 Å². The predicted octanol–water partition coefficient (Wildman–Crippen LogP) is 4.16. The molecule has 0 fully saturated rings. The van der Waals surface area contributed by atoms with Crippen LogP contribution in [0.25, 0.3) is 5.76 Å². The largest absolute Gasteiger partial charge is 0.508 e. The molecule has 0 radical (unpaired) electrons. The van der Waals surface area contributed by atoms with Crippen molar-refractivity contribution in [3.05, 3.63) is 41.0 Å². The van der Waals surface area contributed by atoms with Gasteiger partial charge in [-0.2, -0.15) is 0 Å². The second-order valence-corrected chi connectivity index (χ2v) is 5.09. The number of rotatable bonds is 4. The number of aromatic carboxylic acids is 1. The van der Waals surface area contributed by atoms with Crippen LogP contribution in [0.4, 0.5) is 0 Å². The minimum atomic E-state index is -0.975. The average Bonchev–Trinajstić information content (AvgIpc) is 2.26. The Morgan fingerprint density at radius 2 is 1.44 bits per heavy atom. The third-order valence-electron chi connectivity index (χ3n) is 3.01. The molecule has 0 aliphatic rings. The summed E-state index contributed by atoms with van der Waals surface area (Å²) in [6.45, 7) is 11.4. The Kier molecular flexibility index (Phi) is 4.17. The van der Waals surface area contributed by atoms with Crippen LogP contribution in [-0.4, -0.2) is 16.2 Å². The van der Waals surface area contributed by atoms with E-state index in [1.165, 1.54) is 6.07 Å². The number of carbonyl (C=O) groups is 1. The number of aliphatic hydroxyl groups is 1. The highest BCUT2D eigenvalue weighted by molar-refractivity contribution is 5.91. The molecule has 0 aliphatic carbocycles. The average molecular weight is 248 g/mol. The zero-order chi connectivity index (χ0) is 14.0. The van der Waals surface area contributed by atoms with Crippen LogP contribution in [0, 0.1) is 0 Å². The van der Waals surface area contributed by atoms with E-state index >= 15 is 0 Å². The molecular weight excluding hydrogens is 228 g/mol. The van der Waals surface area contributed by atoms with E-state index in [1.54, 1.807) is 0 Å². The standard InChI is InChI=1S/C15H20O3/c1-8(2)11-6-12(9(3)4)14(15(17)18)7-13(11)10(5)16/h6-9,16H,5H2,1-4H3,(H,17,18). The summed E-state index contributed by atoms with van der Waals surface area (Å²) in [4.78, 5) is 11.3. The molecule has 3 heteroatoms. The molecule has 0 amide bonds. The summed E-state index contributed by atoms with van der Waals surface area (Å²) in [6, 6.07) is 3.39. The van der Waals surface area contributed by atoms with Gasteiger partial charge in [0.2, 0.25) is 0 Å². The minimum Gasteiger partial charge on any atom is -0.508 e. The minimum absolute atomic E-state index is 0.0866. The quantitative estimate of drug-likeness (QED) is 0.786. The summed E-state index contributed by atoms with van der Waals surface area (Å²) in [5.74, 6) is -0.744. The molecule has 18 heavy (non-hydrogen) atoms. The molecule has 1 aromatic rings. The first kappa shape index (κ1) is 14.3. The smallest absolute Gasteiger partial charge is 0.335 e. The highest BCUT2D eigenvalue weighted by Crippen LogP contribution is 2.30. The van der Waals surface area contributed by atoms with Gasteiger partial charge in [0.15, 0.2) is 0 Å². The summed E-state index contributed by atoms with van der Waals surface area (Å²) >= 11 is 0. The summed E-state index contributed by atoms with van der Waals surface area (Å²) in [5.41, 5.74) is 2.47. The van der Waals surface area contributed by atoms with E-state index in [1.807, 2.05) is 33.8 Å². The molecule has 0 aliphatic heterocycles. The van der Waals surface area contributed by atoms with E-state index in [0.29, 0.717) is 5.56 Å². The third kappa shape index (κ3) is 2.73. The number of carboxylic acids is 1. The number of carboxylic acid groups (broad SMARTS) is 1. The molecule has 98 valence electrons. The first-order valence-electron chi connectivity index (χ1n) is 6.05. The van der Waals surface area contributed by atoms with Gasteiger partial charge in [0.1, 0.15) is 5.76 Å². The van der Waals surface area contributed by atoms with Crippen LogP contribution >= 0.6 is 0 Å². The molecule has 0 spiro atoms. The fourth-order valence-corrected chi connectivity index (χ4v) is 2.02. The summed E-state index contributed by atoms with van der Waals surface area (Å²) in [7, 11) is 0. The Morgan fingerprint density at radius 3 is 1.78 bits per heavy atom. The van der Waals surface area contributed by atoms with Crippen LogP contribution in [0.2, 0.25) is 0 Å². The second kappa shape index (κ2) is 5.25. The highest BCUT2D eigenvalue weighted by atomic mass is 16.4. The Morgan fingerprint density at radius 1 is 1.00 bits per heavy atom. The van der Waals surface area contributed by atoms with Gasteiger partial charge >= 0.3 is 5.97 Å². The van der Waals surface area contributed by atoms with Crippen molar-refractivity contribution < 1.29 is 15.0 Å². The van der Waals surface area contributed by atoms with Crippen molar-refractivity contribution in [3.63, 3.8) is 0 Å². The summed E-state index contributed by atoms with van der Waals surface area (Å²) in [6.07, 6.45) is 0. The maximum absolute atomic E-state index is 11.3. The van der Waals surface area contributed by atoms with Gasteiger partial charge in [-0.05, 0) is 29.0 Å². The molecule has 0 aromatic heterocycles. The molecule has 0 bridgehead atoms. The Balaban J connectivity index is 3.60. The zero-order valence-corrected chi connectivity index (χ0v) is 11.3. The zero-order valence-electron chi connectivity index (χ0n) is 11.3. The molecule has 0 saturated carbocycles. The van der Waals surface area contributed by atoms with Crippen LogP contribution in [-0.2, 0) is 0 Å². The normalized spacial score (nSPS) is 11.0. The summed E-state index contributed by atoms with van der Waals surface area (Å²) < 4.78 is 0. The molecule has 0 saturated heterocycles. The van der Waals surface area contributed by atoms with Crippen molar-refractivity contribution >= 4 is 11.7 Å². The lowest BCUT2D eigenvalue weighted by atomic mass is 9.87. The molecule has 0 atom stereocenters. The van der Waals surface area contributed by atoms with Gasteiger partial charge in [0.05, 0.1) is 5.56 Å². The molecule has 1 rings (SSSR count). The molecule has 2 N–H and O–H groups in total. The molecule has 0 unspecified atom stereocenters. The molecule has 0 heterocycles. The van der Waals surface area contributed by atoms with Crippen molar-refractivity contribution in [2.45, 2.75) is 39.5 Å². The first-order chi connectivity index (χ1) is 8.25. The van der Waals surface area contributed by atoms with Crippen molar-refractivity contribution in [1.82, 2.24) is 0 Å². The SMILES string of the molecule is C=C(O)c1cc(C(=O)O)c(C(C)C)cc1C(C)C. The highest BCUT2D eigenvalue weighted by Gasteiger charge is 2.19. The maximum Gasteiger partial charge on any atom is 0.335 e. The molecular formula is C15H20O3. The fraction of sp³-hybridized carbons (Fsp3) is 0.400. The fourth-order valence-electron chi connectivity index (χ4n) is 2.02. The lowest BCUT2D eigenvalue weighted by molar-refractivity contribution is 0.0695. The van der Waals surface area contributed by atoms with E-state index in [9.17, 15) is 15.0 Å². The van der Waals surface area contributed by atoms with Crippen molar-refractivity contribution in [2.24, 2.45) is 0 Å². The number of aliphatic hydroxyl groups excluding tert-OH is 1. The van der Waals surface area contributed by atoms with Gasteiger partial charge in [0.25, 0.3) is 0 Å². The van der Waals surface area contributed by atoms with Crippen molar-refractivity contribution in [2.75, 3.05) is 0 Å². The number of hydrogen-bond acceptors (Lipinski definition) is 2. The van der Waals surface area contributed by atoms with Gasteiger partial charge < -0.3 is 10.2 Å². The Labute approximate surface area is 108 Å². The maximum atomic E-state index is 11.3. The predicted molar refractivity (Wildman–Crippen MR) is 73.2 cm³/mol. The lowest BCUT2D eigenvalue weighted by Gasteiger charge is -2.18. The Hall–Kier alpha value is -1.77. The monoisotopic (exact) mass is 248 g/mol. The number of hydrogen-bond donors (Lipinski definition) is 2. The molecule has 3 nitrogen and oxygen atoms in total. The first-order valence-corrected chi connectivity index (χ1v) is 6.05. The van der Waals surface area contributed by atoms with E-state index in [4.69, 9.17) is 0 Å². The molecule has 1 aromatic carbocycles. The van der Waals surface area contributed by atoms with Gasteiger partial charge in [-0.1, -0.05) is 40.3 Å². The summed E-state index contributed by atoms with van der Waals surface area (Å²) in [5, 5.41) is 18.8. The van der Waals surface area contributed by atoms with Crippen LogP contribution < -0.4 is 0 Å². The van der Waals surface area contributed by atoms with Crippen molar-refractivity contribution in [3.8, 4) is 0 Å². The lowest BCUT2D eigenvalue weighted by Crippen LogP contribution is -2.08. The van der Waals surface area contributed by atoms with Crippen molar-refractivity contribution in [1.29, 1.82) is 0 Å². The van der Waals surface area contributed by atoms with Gasteiger partial charge in [0, 0.05) is 5.56 Å². The van der Waals surface area contributed by atoms with Gasteiger partial charge in [-0.15, -0.1) is 0 Å². The van der Waals surface area contributed by atoms with Crippen LogP contribution in [0.3, 0.4) is 0 Å². The van der Waals surface area contributed by atoms with Gasteiger partial charge in [-0.3, -0.25) is 0 Å². The van der Waals surface area contributed by atoms with E-state index in [2.05, 4.69) is 6.58 Å². The third-order valence-corrected chi connectivity index (χ3v) is 3.01. The van der Waals surface area contributed by atoms with Crippen LogP contribution in [0.1, 0.15) is 66.6 Å². The van der Waals surface area contributed by atoms with Gasteiger partial charge in [-0.25, -0.2) is 4.79 Å². The topological polar surface area (TPSA) is 57.5 Å². The second-order valence-electron chi connectivity index (χ2n) is 5.09. The van der Waals surface area contributed by atoms with E-state index in [-0.39, 0.29) is 23.2 Å². The van der Waals surface area contributed by atoms with Crippen LogP contribution in [0.15, 0.2) is 18.7 Å². The van der Waals surface area contributed by atoms with E-state index in [0.717, 1.165) is 11.1 Å². The number of benzene rings is 1.